The second-order valence-corrected chi connectivity index (χ2v) is 7.42. The number of hydrogen-bond donors (Lipinski definition) is 1. The summed E-state index contributed by atoms with van der Waals surface area (Å²) in [5.41, 5.74) is 6.85. The van der Waals surface area contributed by atoms with Crippen LogP contribution in [-0.4, -0.2) is 54.5 Å². The van der Waals surface area contributed by atoms with Crippen molar-refractivity contribution < 1.29 is 19.1 Å². The van der Waals surface area contributed by atoms with Gasteiger partial charge in [0.1, 0.15) is 11.3 Å². The summed E-state index contributed by atoms with van der Waals surface area (Å²) >= 11 is 0. The second-order valence-electron chi connectivity index (χ2n) is 7.42. The Morgan fingerprint density at radius 3 is 2.57 bits per heavy atom. The number of carbonyl (C=O) groups excluding carboxylic acids is 2. The number of hydrogen-bond acceptors (Lipinski definition) is 6. The normalized spacial score (nSPS) is 15.0. The average molecular weight is 392 g/mol. The Morgan fingerprint density at radius 2 is 1.96 bits per heavy atom. The van der Waals surface area contributed by atoms with Gasteiger partial charge >= 0.3 is 12.1 Å². The van der Waals surface area contributed by atoms with Crippen LogP contribution in [0.1, 0.15) is 60.3 Å². The number of carbonyl (C=O) groups is 2. The molecule has 0 aromatic carbocycles. The number of esters is 1. The molecule has 1 aliphatic rings. The number of nitrogens with two attached hydrogens (primary N) is 1. The summed E-state index contributed by atoms with van der Waals surface area (Å²) in [6.07, 6.45) is 2.29. The summed E-state index contributed by atoms with van der Waals surface area (Å²) in [7, 11) is 0. The maximum Gasteiger partial charge on any atom is 0.410 e. The molecule has 0 radical (unpaired) electrons. The highest BCUT2D eigenvalue weighted by atomic mass is 16.6. The lowest BCUT2D eigenvalue weighted by molar-refractivity contribution is -0.135. The third-order valence-corrected chi connectivity index (χ3v) is 3.83. The van der Waals surface area contributed by atoms with Crippen molar-refractivity contribution in [3.8, 4) is 11.8 Å². The molecule has 1 amide bonds. The molecule has 156 valence electrons. The average Bonchev–Trinajstić information content (AvgIpc) is 2.60. The smallest absolute Gasteiger partial charge is 0.410 e. The number of nitrogens with zero attached hydrogens (tertiary/aromatic N) is 2. The van der Waals surface area contributed by atoms with Crippen LogP contribution < -0.4 is 5.73 Å². The van der Waals surface area contributed by atoms with Crippen molar-refractivity contribution in [3.63, 3.8) is 0 Å². The van der Waals surface area contributed by atoms with Gasteiger partial charge in [0.2, 0.25) is 0 Å². The number of unbranched alkanes of at least 4 members (excludes halogenated alkanes) is 1. The van der Waals surface area contributed by atoms with E-state index in [0.29, 0.717) is 37.2 Å². The van der Waals surface area contributed by atoms with E-state index in [0.717, 1.165) is 12.8 Å². The van der Waals surface area contributed by atoms with E-state index in [9.17, 15) is 9.59 Å². The van der Waals surface area contributed by atoms with Gasteiger partial charge < -0.3 is 20.1 Å². The Kier molecular flexibility index (Phi) is 9.57. The van der Waals surface area contributed by atoms with Crippen molar-refractivity contribution in [1.29, 1.82) is 0 Å². The second kappa shape index (κ2) is 11.4. The quantitative estimate of drug-likeness (QED) is 0.325. The van der Waals surface area contributed by atoms with Crippen molar-refractivity contribution in [1.82, 2.24) is 4.90 Å². The van der Waals surface area contributed by atoms with Crippen molar-refractivity contribution in [2.75, 3.05) is 26.2 Å². The fourth-order valence-corrected chi connectivity index (χ4v) is 2.54. The molecule has 0 aromatic heterocycles. The molecule has 1 aliphatic heterocycles. The predicted octanol–water partition coefficient (Wildman–Crippen LogP) is 3.04. The van der Waals surface area contributed by atoms with Crippen molar-refractivity contribution in [2.24, 2.45) is 10.7 Å². The lowest BCUT2D eigenvalue weighted by Gasteiger charge is -2.31. The molecule has 0 spiro atoms. The lowest BCUT2D eigenvalue weighted by Crippen LogP contribution is -2.43. The van der Waals surface area contributed by atoms with Gasteiger partial charge in [-0.2, -0.15) is 0 Å². The van der Waals surface area contributed by atoms with Gasteiger partial charge in [0.15, 0.2) is 0 Å². The molecule has 0 saturated heterocycles. The van der Waals surface area contributed by atoms with Crippen LogP contribution in [0.4, 0.5) is 4.79 Å². The van der Waals surface area contributed by atoms with Gasteiger partial charge in [-0.05, 0) is 34.1 Å². The molecule has 0 atom stereocenters. The summed E-state index contributed by atoms with van der Waals surface area (Å²) in [6.45, 7) is 10.5. The number of rotatable bonds is 6. The molecule has 28 heavy (non-hydrogen) atoms. The molecule has 1 heterocycles. The van der Waals surface area contributed by atoms with Crippen LogP contribution in [0.5, 0.6) is 0 Å². The van der Waals surface area contributed by atoms with Gasteiger partial charge in [0, 0.05) is 43.6 Å². The molecule has 0 unspecified atom stereocenters. The van der Waals surface area contributed by atoms with Crippen LogP contribution in [0.3, 0.4) is 0 Å². The van der Waals surface area contributed by atoms with E-state index in [1.807, 2.05) is 27.7 Å². The van der Waals surface area contributed by atoms with Crippen molar-refractivity contribution >= 4 is 17.8 Å². The Labute approximate surface area is 168 Å². The van der Waals surface area contributed by atoms with E-state index < -0.39 is 17.7 Å². The van der Waals surface area contributed by atoms with Crippen LogP contribution in [0.15, 0.2) is 16.3 Å². The molecule has 0 saturated carbocycles. The molecule has 7 nitrogen and oxygen atoms in total. The first-order valence-electron chi connectivity index (χ1n) is 9.82. The Bertz CT molecular complexity index is 678. The van der Waals surface area contributed by atoms with E-state index in [-0.39, 0.29) is 18.9 Å². The highest BCUT2D eigenvalue weighted by Gasteiger charge is 2.30. The minimum absolute atomic E-state index is 0.175. The molecule has 7 heteroatoms. The lowest BCUT2D eigenvalue weighted by atomic mass is 10.0. The molecule has 0 aromatic rings. The van der Waals surface area contributed by atoms with Crippen molar-refractivity contribution in [2.45, 2.75) is 65.9 Å². The Morgan fingerprint density at radius 1 is 1.25 bits per heavy atom. The number of amides is 1. The van der Waals surface area contributed by atoms with Gasteiger partial charge in [-0.25, -0.2) is 9.59 Å². The van der Waals surface area contributed by atoms with E-state index in [1.54, 1.807) is 11.8 Å². The Hall–Kier alpha value is -2.49. The van der Waals surface area contributed by atoms with Crippen molar-refractivity contribution in [3.05, 3.63) is 11.3 Å². The topological polar surface area (TPSA) is 94.2 Å². The first-order chi connectivity index (χ1) is 13.2. The molecule has 0 bridgehead atoms. The molecule has 0 fully saturated rings. The molecule has 0 aliphatic carbocycles. The Balaban J connectivity index is 2.96. The van der Waals surface area contributed by atoms with Gasteiger partial charge in [0.05, 0.1) is 13.2 Å². The zero-order valence-corrected chi connectivity index (χ0v) is 17.8. The maximum atomic E-state index is 12.5. The minimum Gasteiger partial charge on any atom is -0.461 e. The molecule has 2 N–H and O–H groups in total. The fourth-order valence-electron chi connectivity index (χ4n) is 2.54. The van der Waals surface area contributed by atoms with Crippen LogP contribution in [0.25, 0.3) is 0 Å². The monoisotopic (exact) mass is 391 g/mol. The van der Waals surface area contributed by atoms with Crippen LogP contribution in [0, 0.1) is 11.8 Å². The van der Waals surface area contributed by atoms with Gasteiger partial charge in [0.25, 0.3) is 0 Å². The highest BCUT2D eigenvalue weighted by molar-refractivity contribution is 6.43. The maximum absolute atomic E-state index is 12.5. The summed E-state index contributed by atoms with van der Waals surface area (Å²) in [5, 5.41) is 0. The van der Waals surface area contributed by atoms with Gasteiger partial charge in [-0.3, -0.25) is 4.99 Å². The van der Waals surface area contributed by atoms with Gasteiger partial charge in [-0.1, -0.05) is 6.92 Å². The zero-order valence-electron chi connectivity index (χ0n) is 17.8. The molecular formula is C21H33N3O4. The predicted molar refractivity (Wildman–Crippen MR) is 110 cm³/mol. The van der Waals surface area contributed by atoms with E-state index in [4.69, 9.17) is 15.2 Å². The van der Waals surface area contributed by atoms with Crippen LogP contribution in [0.2, 0.25) is 0 Å². The zero-order chi connectivity index (χ0) is 21.2. The van der Waals surface area contributed by atoms with Crippen LogP contribution in [-0.2, 0) is 14.3 Å². The SMILES string of the molecule is CCC#CCCCN=C(C(=O)OCC)C1=C(N)CCN(C(=O)OC(C)(C)C)C1. The number of aliphatic imine (C=N–C) groups is 1. The molecular weight excluding hydrogens is 358 g/mol. The molecule has 1 rings (SSSR count). The van der Waals surface area contributed by atoms with Gasteiger partial charge in [-0.15, -0.1) is 11.8 Å². The summed E-state index contributed by atoms with van der Waals surface area (Å²) in [5.74, 6) is 5.54. The van der Waals surface area contributed by atoms with E-state index >= 15 is 0 Å². The first-order valence-corrected chi connectivity index (χ1v) is 9.82. The highest BCUT2D eigenvalue weighted by Crippen LogP contribution is 2.19. The van der Waals surface area contributed by atoms with Crippen LogP contribution >= 0.6 is 0 Å². The third-order valence-electron chi connectivity index (χ3n) is 3.83. The standard InChI is InChI=1S/C21H33N3O4/c1-6-8-9-10-11-13-23-18(19(25)27-7-2)16-15-24(14-12-17(16)22)20(26)28-21(3,4)5/h6-7,10-15,22H2,1-5H3. The largest absolute Gasteiger partial charge is 0.461 e. The summed E-state index contributed by atoms with van der Waals surface area (Å²) in [4.78, 5) is 30.8. The third kappa shape index (κ3) is 8.03. The number of ether oxygens (including phenoxy) is 2. The fraction of sp³-hybridized carbons (Fsp3) is 0.667. The van der Waals surface area contributed by atoms with E-state index in [1.165, 1.54) is 0 Å². The summed E-state index contributed by atoms with van der Waals surface area (Å²) < 4.78 is 10.6. The summed E-state index contributed by atoms with van der Waals surface area (Å²) in [6, 6.07) is 0. The van der Waals surface area contributed by atoms with E-state index in [2.05, 4.69) is 16.8 Å². The minimum atomic E-state index is -0.596. The first kappa shape index (κ1) is 23.5.